The first-order chi connectivity index (χ1) is 9.28. The molecule has 2 heterocycles. The monoisotopic (exact) mass is 261 g/mol. The number of fused-ring (bicyclic) bond motifs is 1. The van der Waals surface area contributed by atoms with Crippen LogP contribution in [-0.2, 0) is 6.42 Å². The number of aromatic amines is 1. The van der Waals surface area contributed by atoms with Gasteiger partial charge >= 0.3 is 0 Å². The fourth-order valence-electron chi connectivity index (χ4n) is 3.40. The van der Waals surface area contributed by atoms with Crippen molar-refractivity contribution in [1.29, 1.82) is 0 Å². The summed E-state index contributed by atoms with van der Waals surface area (Å²) in [5.41, 5.74) is 0.919. The SMILES string of the molecule is CCC1CCC(c2nc3c(c(=O)[nH]2)CCCN3)CC1. The van der Waals surface area contributed by atoms with E-state index >= 15 is 0 Å². The molecule has 4 nitrogen and oxygen atoms in total. The number of nitrogens with one attached hydrogen (secondary N) is 2. The van der Waals surface area contributed by atoms with E-state index in [0.29, 0.717) is 5.92 Å². The van der Waals surface area contributed by atoms with E-state index in [0.717, 1.165) is 42.5 Å². The van der Waals surface area contributed by atoms with Crippen LogP contribution >= 0.6 is 0 Å². The Hall–Kier alpha value is -1.32. The summed E-state index contributed by atoms with van der Waals surface area (Å²) < 4.78 is 0. The van der Waals surface area contributed by atoms with Crippen molar-refractivity contribution in [3.05, 3.63) is 21.7 Å². The first-order valence-electron chi connectivity index (χ1n) is 7.65. The van der Waals surface area contributed by atoms with Crippen molar-refractivity contribution in [2.75, 3.05) is 11.9 Å². The van der Waals surface area contributed by atoms with Crippen LogP contribution < -0.4 is 10.9 Å². The number of hydrogen-bond acceptors (Lipinski definition) is 3. The molecule has 0 radical (unpaired) electrons. The van der Waals surface area contributed by atoms with Gasteiger partial charge in [-0.05, 0) is 44.4 Å². The van der Waals surface area contributed by atoms with E-state index < -0.39 is 0 Å². The lowest BCUT2D eigenvalue weighted by molar-refractivity contribution is 0.312. The molecule has 1 fully saturated rings. The zero-order valence-corrected chi connectivity index (χ0v) is 11.7. The molecular weight excluding hydrogens is 238 g/mol. The highest BCUT2D eigenvalue weighted by molar-refractivity contribution is 5.45. The van der Waals surface area contributed by atoms with Crippen molar-refractivity contribution < 1.29 is 0 Å². The molecule has 3 rings (SSSR count). The van der Waals surface area contributed by atoms with Crippen molar-refractivity contribution in [1.82, 2.24) is 9.97 Å². The average molecular weight is 261 g/mol. The zero-order chi connectivity index (χ0) is 13.2. The molecule has 0 amide bonds. The van der Waals surface area contributed by atoms with E-state index in [1.807, 2.05) is 0 Å². The molecule has 2 N–H and O–H groups in total. The molecule has 0 saturated heterocycles. The van der Waals surface area contributed by atoms with Gasteiger partial charge in [0.25, 0.3) is 5.56 Å². The summed E-state index contributed by atoms with van der Waals surface area (Å²) in [6.45, 7) is 3.21. The second kappa shape index (κ2) is 5.35. The van der Waals surface area contributed by atoms with Crippen LogP contribution in [0, 0.1) is 5.92 Å². The van der Waals surface area contributed by atoms with Gasteiger partial charge in [0.1, 0.15) is 11.6 Å². The molecule has 1 aliphatic heterocycles. The minimum atomic E-state index is 0.0739. The van der Waals surface area contributed by atoms with E-state index in [2.05, 4.69) is 22.2 Å². The van der Waals surface area contributed by atoms with Crippen molar-refractivity contribution in [2.45, 2.75) is 57.8 Å². The van der Waals surface area contributed by atoms with Crippen LogP contribution in [0.5, 0.6) is 0 Å². The highest BCUT2D eigenvalue weighted by atomic mass is 16.1. The minimum absolute atomic E-state index is 0.0739. The molecule has 0 unspecified atom stereocenters. The van der Waals surface area contributed by atoms with Gasteiger partial charge in [0.2, 0.25) is 0 Å². The van der Waals surface area contributed by atoms with Crippen LogP contribution in [0.3, 0.4) is 0 Å². The van der Waals surface area contributed by atoms with Crippen molar-refractivity contribution in [3.63, 3.8) is 0 Å². The molecule has 0 aromatic carbocycles. The molecule has 4 heteroatoms. The van der Waals surface area contributed by atoms with Crippen LogP contribution in [0.25, 0.3) is 0 Å². The molecule has 1 aromatic rings. The summed E-state index contributed by atoms with van der Waals surface area (Å²) in [6.07, 6.45) is 8.04. The lowest BCUT2D eigenvalue weighted by atomic mass is 9.80. The predicted molar refractivity (Wildman–Crippen MR) is 76.7 cm³/mol. The number of H-pyrrole nitrogens is 1. The molecular formula is C15H23N3O. The number of anilines is 1. The van der Waals surface area contributed by atoms with Crippen LogP contribution in [-0.4, -0.2) is 16.5 Å². The standard InChI is InChI=1S/C15H23N3O/c1-2-10-5-7-11(8-6-10)13-17-14-12(15(19)18-13)4-3-9-16-14/h10-11H,2-9H2,1H3,(H2,16,17,18,19). The summed E-state index contributed by atoms with van der Waals surface area (Å²) in [5, 5.41) is 3.27. The van der Waals surface area contributed by atoms with Gasteiger partial charge in [-0.3, -0.25) is 4.79 Å². The van der Waals surface area contributed by atoms with Crippen molar-refractivity contribution in [2.24, 2.45) is 5.92 Å². The molecule has 104 valence electrons. The van der Waals surface area contributed by atoms with Crippen LogP contribution in [0.15, 0.2) is 4.79 Å². The Morgan fingerprint density at radius 1 is 1.26 bits per heavy atom. The predicted octanol–water partition coefficient (Wildman–Crippen LogP) is 2.81. The van der Waals surface area contributed by atoms with Gasteiger partial charge in [-0.25, -0.2) is 4.98 Å². The van der Waals surface area contributed by atoms with Gasteiger partial charge < -0.3 is 10.3 Å². The second-order valence-electron chi connectivity index (χ2n) is 5.93. The molecule has 0 bridgehead atoms. The van der Waals surface area contributed by atoms with Gasteiger partial charge in [0.05, 0.1) is 5.56 Å². The molecule has 2 aliphatic rings. The maximum Gasteiger partial charge on any atom is 0.256 e. The Labute approximate surface area is 114 Å². The number of nitrogens with zero attached hydrogens (tertiary/aromatic N) is 1. The van der Waals surface area contributed by atoms with Crippen LogP contribution in [0.1, 0.15) is 62.8 Å². The Morgan fingerprint density at radius 3 is 2.79 bits per heavy atom. The van der Waals surface area contributed by atoms with Crippen molar-refractivity contribution in [3.8, 4) is 0 Å². The molecule has 1 saturated carbocycles. The summed E-state index contributed by atoms with van der Waals surface area (Å²) in [7, 11) is 0. The first-order valence-corrected chi connectivity index (χ1v) is 7.65. The van der Waals surface area contributed by atoms with Gasteiger partial charge in [0, 0.05) is 12.5 Å². The number of aromatic nitrogens is 2. The molecule has 0 spiro atoms. The lowest BCUT2D eigenvalue weighted by Crippen LogP contribution is -2.27. The highest BCUT2D eigenvalue weighted by Gasteiger charge is 2.24. The normalized spacial score (nSPS) is 26.6. The van der Waals surface area contributed by atoms with Gasteiger partial charge in [-0.1, -0.05) is 13.3 Å². The minimum Gasteiger partial charge on any atom is -0.370 e. The third-order valence-corrected chi connectivity index (χ3v) is 4.74. The smallest absolute Gasteiger partial charge is 0.256 e. The topological polar surface area (TPSA) is 57.8 Å². The van der Waals surface area contributed by atoms with E-state index in [1.54, 1.807) is 0 Å². The van der Waals surface area contributed by atoms with Gasteiger partial charge in [-0.2, -0.15) is 0 Å². The number of hydrogen-bond donors (Lipinski definition) is 2. The quantitative estimate of drug-likeness (QED) is 0.860. The Kier molecular flexibility index (Phi) is 3.58. The number of rotatable bonds is 2. The molecule has 19 heavy (non-hydrogen) atoms. The van der Waals surface area contributed by atoms with E-state index in [-0.39, 0.29) is 5.56 Å². The molecule has 1 aliphatic carbocycles. The molecule has 1 aromatic heterocycles. The fraction of sp³-hybridized carbons (Fsp3) is 0.733. The summed E-state index contributed by atoms with van der Waals surface area (Å²) >= 11 is 0. The zero-order valence-electron chi connectivity index (χ0n) is 11.7. The lowest BCUT2D eigenvalue weighted by Gasteiger charge is -2.27. The molecule has 0 atom stereocenters. The largest absolute Gasteiger partial charge is 0.370 e. The first kappa shape index (κ1) is 12.7. The summed E-state index contributed by atoms with van der Waals surface area (Å²) in [5.74, 6) is 3.07. The average Bonchev–Trinajstić information content (AvgIpc) is 2.47. The highest BCUT2D eigenvalue weighted by Crippen LogP contribution is 2.35. The third-order valence-electron chi connectivity index (χ3n) is 4.74. The van der Waals surface area contributed by atoms with E-state index in [4.69, 9.17) is 0 Å². The maximum atomic E-state index is 12.1. The maximum absolute atomic E-state index is 12.1. The van der Waals surface area contributed by atoms with Gasteiger partial charge in [-0.15, -0.1) is 0 Å². The Bertz CT molecular complexity index is 501. The van der Waals surface area contributed by atoms with E-state index in [9.17, 15) is 4.79 Å². The van der Waals surface area contributed by atoms with Crippen LogP contribution in [0.4, 0.5) is 5.82 Å². The summed E-state index contributed by atoms with van der Waals surface area (Å²) in [4.78, 5) is 19.8. The third kappa shape index (κ3) is 2.53. The Balaban J connectivity index is 1.82. The summed E-state index contributed by atoms with van der Waals surface area (Å²) in [6, 6.07) is 0. The second-order valence-corrected chi connectivity index (χ2v) is 5.93. The van der Waals surface area contributed by atoms with Crippen molar-refractivity contribution >= 4 is 5.82 Å². The van der Waals surface area contributed by atoms with Crippen LogP contribution in [0.2, 0.25) is 0 Å². The van der Waals surface area contributed by atoms with E-state index in [1.165, 1.54) is 32.1 Å². The Morgan fingerprint density at radius 2 is 2.05 bits per heavy atom. The fourth-order valence-corrected chi connectivity index (χ4v) is 3.40. The van der Waals surface area contributed by atoms with Gasteiger partial charge in [0.15, 0.2) is 0 Å².